The number of alkyl halides is 3. The number of nitrogens with zero attached hydrogens (tertiary/aromatic N) is 3. The summed E-state index contributed by atoms with van der Waals surface area (Å²) < 4.78 is 37.6. The van der Waals surface area contributed by atoms with E-state index in [2.05, 4.69) is 29.1 Å². The van der Waals surface area contributed by atoms with Gasteiger partial charge in [-0.15, -0.1) is 0 Å². The van der Waals surface area contributed by atoms with E-state index in [1.165, 1.54) is 23.4 Å². The molecule has 0 aromatic carbocycles. The molecule has 6 heteroatoms. The maximum Gasteiger partial charge on any atom is 0.435 e. The van der Waals surface area contributed by atoms with Crippen molar-refractivity contribution in [1.82, 2.24) is 14.8 Å². The van der Waals surface area contributed by atoms with Crippen LogP contribution in [0.15, 0.2) is 18.3 Å². The summed E-state index contributed by atoms with van der Waals surface area (Å²) in [7, 11) is 0. The standard InChI is InChI=1S/C8H11N.C7H9F3N2.2C2H6/c1-6-4-7(2)9-8(3)5-6;1-3-12-4-5(2)6(11-12)7(8,9)10;2*1-2/h4-5H,1-3H3;4H,3H2,1-2H3;2*1-2H3. The molecule has 0 amide bonds. The van der Waals surface area contributed by atoms with E-state index in [1.54, 1.807) is 6.92 Å². The average molecular weight is 359 g/mol. The van der Waals surface area contributed by atoms with E-state index in [9.17, 15) is 13.2 Å². The Morgan fingerprint density at radius 1 is 0.920 bits per heavy atom. The maximum atomic E-state index is 12.1. The molecular weight excluding hydrogens is 327 g/mol. The van der Waals surface area contributed by atoms with Gasteiger partial charge >= 0.3 is 6.18 Å². The van der Waals surface area contributed by atoms with E-state index >= 15 is 0 Å². The molecule has 0 spiro atoms. The van der Waals surface area contributed by atoms with Crippen LogP contribution in [0.3, 0.4) is 0 Å². The second-order valence-corrected chi connectivity index (χ2v) is 4.94. The molecule has 0 radical (unpaired) electrons. The normalized spacial score (nSPS) is 9.76. The van der Waals surface area contributed by atoms with Crippen molar-refractivity contribution in [2.45, 2.75) is 75.0 Å². The average Bonchev–Trinajstić information content (AvgIpc) is 2.92. The largest absolute Gasteiger partial charge is 0.435 e. The number of aryl methyl sites for hydroxylation is 5. The minimum Gasteiger partial charge on any atom is -0.272 e. The summed E-state index contributed by atoms with van der Waals surface area (Å²) in [5.74, 6) is 0. The summed E-state index contributed by atoms with van der Waals surface area (Å²) >= 11 is 0. The third kappa shape index (κ3) is 9.89. The first-order valence-electron chi connectivity index (χ1n) is 8.66. The van der Waals surface area contributed by atoms with Crippen LogP contribution >= 0.6 is 0 Å². The summed E-state index contributed by atoms with van der Waals surface area (Å²) in [6.45, 7) is 17.7. The molecule has 2 aromatic rings. The summed E-state index contributed by atoms with van der Waals surface area (Å²) in [6, 6.07) is 4.15. The predicted molar refractivity (Wildman–Crippen MR) is 98.8 cm³/mol. The molecule has 0 fully saturated rings. The first-order valence-corrected chi connectivity index (χ1v) is 8.66. The molecule has 2 rings (SSSR count). The molecule has 0 aliphatic carbocycles. The Kier molecular flexibility index (Phi) is 12.7. The fourth-order valence-corrected chi connectivity index (χ4v) is 2.01. The predicted octanol–water partition coefficient (Wildman–Crippen LogP) is 6.29. The Morgan fingerprint density at radius 2 is 1.36 bits per heavy atom. The quantitative estimate of drug-likeness (QED) is 0.599. The number of rotatable bonds is 1. The molecule has 0 bridgehead atoms. The van der Waals surface area contributed by atoms with Crippen LogP contribution in [0, 0.1) is 27.7 Å². The Bertz CT molecular complexity index is 552. The molecule has 2 aromatic heterocycles. The zero-order chi connectivity index (χ0) is 20.2. The van der Waals surface area contributed by atoms with Crippen LogP contribution in [0.1, 0.15) is 62.8 Å². The molecule has 0 saturated heterocycles. The molecule has 0 unspecified atom stereocenters. The van der Waals surface area contributed by atoms with Crippen LogP contribution in [0.2, 0.25) is 0 Å². The van der Waals surface area contributed by atoms with Crippen LogP contribution in [-0.4, -0.2) is 14.8 Å². The molecule has 0 aliphatic heterocycles. The molecule has 2 heterocycles. The van der Waals surface area contributed by atoms with Gasteiger partial charge in [0.05, 0.1) is 0 Å². The van der Waals surface area contributed by atoms with Crippen molar-refractivity contribution in [3.05, 3.63) is 46.5 Å². The Hall–Kier alpha value is -1.85. The van der Waals surface area contributed by atoms with Gasteiger partial charge in [-0.25, -0.2) is 0 Å². The van der Waals surface area contributed by atoms with Crippen LogP contribution in [0.25, 0.3) is 0 Å². The van der Waals surface area contributed by atoms with Gasteiger partial charge < -0.3 is 0 Å². The topological polar surface area (TPSA) is 30.7 Å². The number of pyridine rings is 1. The lowest BCUT2D eigenvalue weighted by Crippen LogP contribution is -2.08. The van der Waals surface area contributed by atoms with Gasteiger partial charge in [-0.1, -0.05) is 27.7 Å². The first-order chi connectivity index (χ1) is 11.6. The Balaban J connectivity index is 0. The van der Waals surface area contributed by atoms with Crippen molar-refractivity contribution < 1.29 is 13.2 Å². The first kappa shape index (κ1) is 25.4. The minimum atomic E-state index is -4.33. The van der Waals surface area contributed by atoms with Crippen LogP contribution in [0.4, 0.5) is 13.2 Å². The third-order valence-corrected chi connectivity index (χ3v) is 2.76. The number of hydrogen-bond acceptors (Lipinski definition) is 2. The Labute approximate surface area is 150 Å². The second-order valence-electron chi connectivity index (χ2n) is 4.94. The van der Waals surface area contributed by atoms with E-state index in [1.807, 2.05) is 41.5 Å². The number of aromatic nitrogens is 3. The zero-order valence-electron chi connectivity index (χ0n) is 16.9. The Morgan fingerprint density at radius 3 is 1.60 bits per heavy atom. The fraction of sp³-hybridized carbons (Fsp3) is 0.579. The molecule has 0 atom stereocenters. The smallest absolute Gasteiger partial charge is 0.272 e. The lowest BCUT2D eigenvalue weighted by molar-refractivity contribution is -0.141. The SMILES string of the molecule is CC.CC.CCn1cc(C)c(C(F)(F)F)n1.Cc1cc(C)nc(C)c1. The van der Waals surface area contributed by atoms with Gasteiger partial charge in [-0.3, -0.25) is 9.67 Å². The molecule has 144 valence electrons. The van der Waals surface area contributed by atoms with Crippen molar-refractivity contribution in [3.8, 4) is 0 Å². The van der Waals surface area contributed by atoms with Gasteiger partial charge in [0.2, 0.25) is 0 Å². The van der Waals surface area contributed by atoms with E-state index in [4.69, 9.17) is 0 Å². The highest BCUT2D eigenvalue weighted by Gasteiger charge is 2.35. The molecular formula is C19H32F3N3. The van der Waals surface area contributed by atoms with E-state index < -0.39 is 11.9 Å². The summed E-state index contributed by atoms with van der Waals surface area (Å²) in [5, 5.41) is 3.39. The van der Waals surface area contributed by atoms with Crippen LogP contribution < -0.4 is 0 Å². The fourth-order valence-electron chi connectivity index (χ4n) is 2.01. The van der Waals surface area contributed by atoms with E-state index in [-0.39, 0.29) is 5.56 Å². The van der Waals surface area contributed by atoms with Crippen molar-refractivity contribution >= 4 is 0 Å². The highest BCUT2D eigenvalue weighted by Crippen LogP contribution is 2.29. The van der Waals surface area contributed by atoms with Gasteiger partial charge in [0, 0.05) is 24.1 Å². The van der Waals surface area contributed by atoms with Crippen molar-refractivity contribution in [2.75, 3.05) is 0 Å². The monoisotopic (exact) mass is 359 g/mol. The lowest BCUT2D eigenvalue weighted by atomic mass is 10.2. The lowest BCUT2D eigenvalue weighted by Gasteiger charge is -2.01. The van der Waals surface area contributed by atoms with Crippen molar-refractivity contribution in [1.29, 1.82) is 0 Å². The van der Waals surface area contributed by atoms with Crippen LogP contribution in [-0.2, 0) is 12.7 Å². The zero-order valence-corrected chi connectivity index (χ0v) is 16.9. The van der Waals surface area contributed by atoms with Gasteiger partial charge in [0.25, 0.3) is 0 Å². The summed E-state index contributed by atoms with van der Waals surface area (Å²) in [4.78, 5) is 4.23. The second kappa shape index (κ2) is 12.5. The van der Waals surface area contributed by atoms with Gasteiger partial charge in [0.15, 0.2) is 5.69 Å². The maximum absolute atomic E-state index is 12.1. The molecule has 25 heavy (non-hydrogen) atoms. The minimum absolute atomic E-state index is 0.171. The molecule has 0 saturated carbocycles. The van der Waals surface area contributed by atoms with E-state index in [0.29, 0.717) is 6.54 Å². The van der Waals surface area contributed by atoms with Gasteiger partial charge in [-0.2, -0.15) is 18.3 Å². The molecule has 3 nitrogen and oxygen atoms in total. The molecule has 0 N–H and O–H groups in total. The summed E-state index contributed by atoms with van der Waals surface area (Å²) in [6.07, 6.45) is -2.94. The highest BCUT2D eigenvalue weighted by atomic mass is 19.4. The van der Waals surface area contributed by atoms with Crippen molar-refractivity contribution in [3.63, 3.8) is 0 Å². The van der Waals surface area contributed by atoms with Gasteiger partial charge in [0.1, 0.15) is 0 Å². The van der Waals surface area contributed by atoms with Crippen molar-refractivity contribution in [2.24, 2.45) is 0 Å². The van der Waals surface area contributed by atoms with E-state index in [0.717, 1.165) is 11.4 Å². The summed E-state index contributed by atoms with van der Waals surface area (Å²) in [5.41, 5.74) is 2.88. The highest BCUT2D eigenvalue weighted by molar-refractivity contribution is 5.18. The van der Waals surface area contributed by atoms with Gasteiger partial charge in [-0.05, 0) is 57.9 Å². The molecule has 0 aliphatic rings. The van der Waals surface area contributed by atoms with Crippen LogP contribution in [0.5, 0.6) is 0 Å². The third-order valence-electron chi connectivity index (χ3n) is 2.76. The number of halogens is 3. The number of hydrogen-bond donors (Lipinski definition) is 0.